The third-order valence-electron chi connectivity index (χ3n) is 30.1. The van der Waals surface area contributed by atoms with Gasteiger partial charge < -0.3 is 36.2 Å². The molecule has 0 aliphatic heterocycles. The number of benzene rings is 16. The van der Waals surface area contributed by atoms with Gasteiger partial charge in [-0.3, -0.25) is 18.3 Å². The van der Waals surface area contributed by atoms with Crippen molar-refractivity contribution in [3.63, 3.8) is 0 Å². The summed E-state index contributed by atoms with van der Waals surface area (Å²) in [7, 11) is -19.4. The van der Waals surface area contributed by atoms with Crippen LogP contribution in [-0.2, 0) is 76.1 Å². The van der Waals surface area contributed by atoms with Crippen molar-refractivity contribution >= 4 is 289 Å². The van der Waals surface area contributed by atoms with E-state index < -0.39 is 61.8 Å². The van der Waals surface area contributed by atoms with Crippen LogP contribution in [0.25, 0.3) is 259 Å². The van der Waals surface area contributed by atoms with E-state index in [0.717, 1.165) is 98.4 Å². The second-order valence-electron chi connectivity index (χ2n) is 30.7. The standard InChI is InChI=1S/C78H40O12P4/c1-9-83-91(79,84-10-2)77(92(80,85-11-3)86-12-4)73-65-49-37-25-17-18-22-19-23-31-39(27(19)25)51(49)67(73)57-45(31)36-44-34(23)42-30(22)38-26(18)28-20-21(17)29(37)41-33-24(20)32-40(28)52-50(38)66-54(42)56(44)70-62-47(36)59(57)71-63-61-48-35(43(33)55(53(41)65)69(61)75(71,73)77)46(32)58-60(48)72(64(62)63)76(70)74(66,68(52)58)78(76,93(81,87-13-5)88-14-6)94(82,89-15-7)90-16-8/h9-16H2,1-8H3. The molecule has 94 heavy (non-hydrogen) atoms. The van der Waals surface area contributed by atoms with Gasteiger partial charge in [0.2, 0.25) is 9.79 Å². The van der Waals surface area contributed by atoms with E-state index in [4.69, 9.17) is 36.2 Å². The fraction of sp³-hybridized carbons (Fsp3) is 0.282. The first kappa shape index (κ1) is 45.7. The van der Waals surface area contributed by atoms with Gasteiger partial charge in [-0.25, -0.2) is 0 Å². The van der Waals surface area contributed by atoms with Gasteiger partial charge in [-0.1, -0.05) is 0 Å². The minimum Gasteiger partial charge on any atom is -0.308 e. The molecular weight excluding hydrogens is 1250 g/mol. The van der Waals surface area contributed by atoms with Crippen LogP contribution in [0.2, 0.25) is 0 Å². The zero-order valence-corrected chi connectivity index (χ0v) is 54.9. The molecule has 0 bridgehead atoms. The fourth-order valence-corrected chi connectivity index (χ4v) is 45.1. The average molecular weight is 1290 g/mol. The molecule has 4 unspecified atom stereocenters. The van der Waals surface area contributed by atoms with Gasteiger partial charge in [-0.15, -0.1) is 0 Å². The summed E-state index contributed by atoms with van der Waals surface area (Å²) in [5.41, 5.74) is 2.97. The van der Waals surface area contributed by atoms with Gasteiger partial charge in [0, 0.05) is 0 Å². The fourth-order valence-electron chi connectivity index (χ4n) is 30.7. The Morgan fingerprint density at radius 1 is 0.170 bits per heavy atom. The zero-order valence-electron chi connectivity index (χ0n) is 51.3. The van der Waals surface area contributed by atoms with Crippen LogP contribution in [0.1, 0.15) is 99.9 Å². The summed E-state index contributed by atoms with van der Waals surface area (Å²) in [6, 6.07) is 0. The highest BCUT2D eigenvalue weighted by molar-refractivity contribution is 7.76. The molecule has 0 saturated heterocycles. The Morgan fingerprint density at radius 3 is 0.362 bits per heavy atom. The molecule has 34 rings (SSSR count). The monoisotopic (exact) mass is 1290 g/mol. The zero-order chi connectivity index (χ0) is 60.6. The molecule has 24 aromatic rings. The van der Waals surface area contributed by atoms with E-state index in [-0.39, 0.29) is 52.9 Å². The summed E-state index contributed by atoms with van der Waals surface area (Å²) in [5, 5.41) is 60.1. The molecule has 10 aliphatic rings. The van der Waals surface area contributed by atoms with Crippen molar-refractivity contribution in [3.05, 3.63) is 44.5 Å². The smallest absolute Gasteiger partial charge is 0.308 e. The summed E-state index contributed by atoms with van der Waals surface area (Å²) in [6.45, 7) is 15.4. The molecule has 10 aliphatic carbocycles. The lowest BCUT2D eigenvalue weighted by atomic mass is 9.67. The lowest BCUT2D eigenvalue weighted by Gasteiger charge is -2.36. The van der Waals surface area contributed by atoms with Crippen LogP contribution < -0.4 is 0 Å². The van der Waals surface area contributed by atoms with Crippen molar-refractivity contribution in [3.8, 4) is 0 Å². The molecular formula is C78H40O12P4. The van der Waals surface area contributed by atoms with E-state index in [1.807, 2.05) is 55.4 Å². The van der Waals surface area contributed by atoms with Gasteiger partial charge in [-0.05, 0) is 358 Å². The van der Waals surface area contributed by atoms with Gasteiger partial charge in [0.05, 0.1) is 74.5 Å². The Labute approximate surface area is 524 Å². The van der Waals surface area contributed by atoms with Crippen molar-refractivity contribution in [2.24, 2.45) is 0 Å². The first-order valence-corrected chi connectivity index (χ1v) is 40.7. The molecule has 0 N–H and O–H groups in total. The van der Waals surface area contributed by atoms with Gasteiger partial charge >= 0.3 is 30.4 Å². The van der Waals surface area contributed by atoms with Crippen LogP contribution >= 0.6 is 30.4 Å². The highest BCUT2D eigenvalue weighted by Crippen LogP contribution is 3.11. The molecule has 0 amide bonds. The quantitative estimate of drug-likeness (QED) is 0.0529. The van der Waals surface area contributed by atoms with Gasteiger partial charge in [0.25, 0.3) is 0 Å². The van der Waals surface area contributed by atoms with Crippen molar-refractivity contribution < 1.29 is 54.5 Å². The van der Waals surface area contributed by atoms with Crippen LogP contribution in [0, 0.1) is 0 Å². The van der Waals surface area contributed by atoms with Gasteiger partial charge in [0.15, 0.2) is 0 Å². The number of hydrogen-bond acceptors (Lipinski definition) is 12. The summed E-state index contributed by atoms with van der Waals surface area (Å²) in [5.74, 6) is 0. The van der Waals surface area contributed by atoms with Crippen LogP contribution in [-0.4, -0.2) is 62.6 Å². The number of hydrogen-bond donors (Lipinski definition) is 0. The van der Waals surface area contributed by atoms with E-state index in [1.165, 1.54) is 205 Å². The predicted molar refractivity (Wildman–Crippen MR) is 376 cm³/mol. The normalized spacial score (nSPS) is 25.4. The van der Waals surface area contributed by atoms with Crippen molar-refractivity contribution in [2.45, 2.75) is 86.8 Å². The summed E-state index contributed by atoms with van der Waals surface area (Å²) in [4.78, 5) is -4.05. The maximum absolute atomic E-state index is 18.7. The number of rotatable bonds is 20. The van der Waals surface area contributed by atoms with Crippen LogP contribution in [0.15, 0.2) is 0 Å². The van der Waals surface area contributed by atoms with Gasteiger partial charge in [-0.2, -0.15) is 0 Å². The van der Waals surface area contributed by atoms with E-state index in [1.54, 1.807) is 0 Å². The van der Waals surface area contributed by atoms with E-state index >= 15 is 18.3 Å². The van der Waals surface area contributed by atoms with Crippen LogP contribution in [0.4, 0.5) is 0 Å². The molecule has 0 radical (unpaired) electrons. The molecule has 16 heteroatoms. The molecule has 12 nitrogen and oxygen atoms in total. The second kappa shape index (κ2) is 11.2. The van der Waals surface area contributed by atoms with E-state index in [2.05, 4.69) is 0 Å². The highest BCUT2D eigenvalue weighted by atomic mass is 31.2. The highest BCUT2D eigenvalue weighted by Gasteiger charge is 3.09. The lowest BCUT2D eigenvalue weighted by Crippen LogP contribution is -2.29. The van der Waals surface area contributed by atoms with E-state index in [0.29, 0.717) is 0 Å². The third-order valence-corrected chi connectivity index (χ3v) is 43.6. The van der Waals surface area contributed by atoms with Crippen LogP contribution in [0.5, 0.6) is 0 Å². The first-order chi connectivity index (χ1) is 46.0. The van der Waals surface area contributed by atoms with Gasteiger partial charge in [0.1, 0.15) is 0 Å². The van der Waals surface area contributed by atoms with Crippen molar-refractivity contribution in [1.29, 1.82) is 0 Å². The largest absolute Gasteiger partial charge is 0.351 e. The maximum atomic E-state index is 18.7. The Balaban J connectivity index is 1.04. The van der Waals surface area contributed by atoms with Crippen molar-refractivity contribution in [1.82, 2.24) is 0 Å². The Bertz CT molecular complexity index is 7800. The third kappa shape index (κ3) is 2.64. The maximum Gasteiger partial charge on any atom is 0.351 e. The van der Waals surface area contributed by atoms with E-state index in [9.17, 15) is 0 Å². The molecule has 0 aromatic heterocycles. The SMILES string of the molecule is CCOP(=O)(OCC)C1(P(=O)(OCC)OCC)C23c4c5c6c7c8c9c%10c%11c%12c%13c%14c%15c(c6c6c4c4c%16c%17c%18c(c%19c%20c2c5c8c2c%20c5c%19c8c%18c%18c%19c%17c%17c4c6c%15c4c%14c6c%12c%12c%14c%11c(c92)c5c%14c8c%18c%12c6c%19c4%17)C%1631)C71C%10%13C1(P(=O)(OCC)OCC)P(=O)(OCC)OCC. The minimum absolute atomic E-state index is 0.0254. The second-order valence-corrected chi connectivity index (χ2v) is 40.1. The molecule has 444 valence electrons. The Hall–Kier alpha value is -6.68. The molecule has 4 atom stereocenters. The summed E-state index contributed by atoms with van der Waals surface area (Å²) in [6.07, 6.45) is 0. The molecule has 4 spiro atoms. The minimum atomic E-state index is -4.84. The molecule has 24 aromatic carbocycles. The van der Waals surface area contributed by atoms with Crippen LogP contribution in [0.3, 0.4) is 0 Å². The molecule has 2 fully saturated rings. The lowest BCUT2D eigenvalue weighted by molar-refractivity contribution is 0.186. The average Bonchev–Trinajstić information content (AvgIpc) is 1.35. The molecule has 2 saturated carbocycles. The van der Waals surface area contributed by atoms with Crippen molar-refractivity contribution in [2.75, 3.05) is 52.9 Å². The molecule has 0 heterocycles. The Morgan fingerprint density at radius 2 is 0.255 bits per heavy atom. The summed E-state index contributed by atoms with van der Waals surface area (Å²) < 4.78 is 133. The first-order valence-electron chi connectivity index (χ1n) is 34.6. The Kier molecular flexibility index (Phi) is 5.42. The summed E-state index contributed by atoms with van der Waals surface area (Å²) >= 11 is 0. The topological polar surface area (TPSA) is 142 Å². The predicted octanol–water partition coefficient (Wildman–Crippen LogP) is 21.3.